The van der Waals surface area contributed by atoms with Crippen molar-refractivity contribution in [3.63, 3.8) is 0 Å². The number of primary amides is 1. The highest BCUT2D eigenvalue weighted by Crippen LogP contribution is 2.29. The van der Waals surface area contributed by atoms with E-state index in [9.17, 15) is 4.79 Å². The minimum atomic E-state index is -0.303. The van der Waals surface area contributed by atoms with E-state index in [1.807, 2.05) is 11.4 Å². The molecule has 1 aromatic rings. The molecule has 0 fully saturated rings. The van der Waals surface area contributed by atoms with Crippen LogP contribution in [0.15, 0.2) is 15.9 Å². The molecule has 0 radical (unpaired) electrons. The fourth-order valence-electron chi connectivity index (χ4n) is 0.999. The lowest BCUT2D eigenvalue weighted by molar-refractivity contribution is -0.118. The van der Waals surface area contributed by atoms with Gasteiger partial charge in [-0.25, -0.2) is 0 Å². The molecule has 0 aliphatic carbocycles. The number of hydrogen-bond acceptors (Lipinski definition) is 3. The minimum Gasteiger partial charge on any atom is -0.370 e. The molecule has 13 heavy (non-hydrogen) atoms. The molecule has 0 aliphatic heterocycles. The van der Waals surface area contributed by atoms with Gasteiger partial charge in [0.1, 0.15) is 0 Å². The van der Waals surface area contributed by atoms with Gasteiger partial charge in [0.05, 0.1) is 0 Å². The fraction of sp³-hybridized carbons (Fsp3) is 0.375. The van der Waals surface area contributed by atoms with Gasteiger partial charge in [-0.2, -0.15) is 0 Å². The lowest BCUT2D eigenvalue weighted by Crippen LogP contribution is -2.15. The number of halogens is 1. The summed E-state index contributed by atoms with van der Waals surface area (Å²) in [5.74, 6) is -0.303. The Bertz CT molecular complexity index is 300. The highest BCUT2D eigenvalue weighted by Gasteiger charge is 2.11. The van der Waals surface area contributed by atoms with Gasteiger partial charge in [0.15, 0.2) is 0 Å². The zero-order chi connectivity index (χ0) is 9.84. The van der Waals surface area contributed by atoms with Gasteiger partial charge in [0, 0.05) is 21.8 Å². The second kappa shape index (κ2) is 4.74. The number of carbonyl (C=O) groups excluding carboxylic acids is 1. The van der Waals surface area contributed by atoms with Crippen LogP contribution in [-0.2, 0) is 4.79 Å². The van der Waals surface area contributed by atoms with Gasteiger partial charge < -0.3 is 11.5 Å². The highest BCUT2D eigenvalue weighted by atomic mass is 79.9. The van der Waals surface area contributed by atoms with Crippen molar-refractivity contribution >= 4 is 33.2 Å². The quantitative estimate of drug-likeness (QED) is 0.869. The third-order valence-corrected chi connectivity index (χ3v) is 3.69. The Kier molecular flexibility index (Phi) is 3.90. The van der Waals surface area contributed by atoms with Gasteiger partial charge >= 0.3 is 0 Å². The van der Waals surface area contributed by atoms with Crippen LogP contribution in [0.5, 0.6) is 0 Å². The van der Waals surface area contributed by atoms with E-state index in [1.165, 1.54) is 0 Å². The zero-order valence-electron chi connectivity index (χ0n) is 7.00. The average Bonchev–Trinajstić information content (AvgIpc) is 2.47. The molecule has 0 aliphatic rings. The summed E-state index contributed by atoms with van der Waals surface area (Å²) in [7, 11) is 0. The fourth-order valence-corrected chi connectivity index (χ4v) is 2.70. The Hall–Kier alpha value is -0.390. The molecular weight excluding hydrogens is 252 g/mol. The molecule has 1 atom stereocenters. The molecule has 0 bridgehead atoms. The van der Waals surface area contributed by atoms with Crippen LogP contribution in [0, 0.1) is 0 Å². The number of carbonyl (C=O) groups is 1. The van der Waals surface area contributed by atoms with Crippen LogP contribution in [0.4, 0.5) is 0 Å². The van der Waals surface area contributed by atoms with Crippen molar-refractivity contribution in [2.45, 2.75) is 18.9 Å². The molecule has 1 aromatic heterocycles. The first-order chi connectivity index (χ1) is 6.11. The van der Waals surface area contributed by atoms with E-state index in [0.29, 0.717) is 12.8 Å². The Morgan fingerprint density at radius 2 is 2.38 bits per heavy atom. The lowest BCUT2D eigenvalue weighted by atomic mass is 10.1. The van der Waals surface area contributed by atoms with E-state index in [0.717, 1.165) is 9.35 Å². The predicted octanol–water partition coefficient (Wildman–Crippen LogP) is 1.78. The van der Waals surface area contributed by atoms with Crippen molar-refractivity contribution in [2.24, 2.45) is 11.5 Å². The standard InChI is InChI=1S/C8H11BrN2OS/c9-5-3-4-13-8(5)6(10)1-2-7(11)12/h3-4,6H,1-2,10H2,(H2,11,12). The third kappa shape index (κ3) is 3.10. The van der Waals surface area contributed by atoms with Crippen LogP contribution >= 0.6 is 27.3 Å². The SMILES string of the molecule is NC(=O)CCC(N)c1sccc1Br. The summed E-state index contributed by atoms with van der Waals surface area (Å²) in [6.07, 6.45) is 0.944. The van der Waals surface area contributed by atoms with Crippen LogP contribution in [0.1, 0.15) is 23.8 Å². The van der Waals surface area contributed by atoms with Crippen molar-refractivity contribution in [1.29, 1.82) is 0 Å². The van der Waals surface area contributed by atoms with E-state index in [1.54, 1.807) is 11.3 Å². The van der Waals surface area contributed by atoms with Crippen molar-refractivity contribution in [3.05, 3.63) is 20.8 Å². The van der Waals surface area contributed by atoms with Gasteiger partial charge in [0.2, 0.25) is 5.91 Å². The number of nitrogens with two attached hydrogens (primary N) is 2. The topological polar surface area (TPSA) is 69.1 Å². The first-order valence-corrected chi connectivity index (χ1v) is 5.55. The molecule has 1 amide bonds. The number of amides is 1. The minimum absolute atomic E-state index is 0.0955. The maximum atomic E-state index is 10.5. The van der Waals surface area contributed by atoms with Crippen LogP contribution in [0.2, 0.25) is 0 Å². The summed E-state index contributed by atoms with van der Waals surface area (Å²) in [4.78, 5) is 11.6. The van der Waals surface area contributed by atoms with Gasteiger partial charge in [-0.3, -0.25) is 4.79 Å². The molecular formula is C8H11BrN2OS. The van der Waals surface area contributed by atoms with Crippen molar-refractivity contribution < 1.29 is 4.79 Å². The maximum Gasteiger partial charge on any atom is 0.217 e. The van der Waals surface area contributed by atoms with Crippen LogP contribution in [-0.4, -0.2) is 5.91 Å². The number of hydrogen-bond donors (Lipinski definition) is 2. The molecule has 0 saturated carbocycles. The van der Waals surface area contributed by atoms with E-state index in [-0.39, 0.29) is 11.9 Å². The molecule has 1 unspecified atom stereocenters. The zero-order valence-corrected chi connectivity index (χ0v) is 9.40. The molecule has 72 valence electrons. The summed E-state index contributed by atoms with van der Waals surface area (Å²) >= 11 is 4.97. The summed E-state index contributed by atoms with van der Waals surface area (Å²) in [5, 5.41) is 1.96. The molecule has 1 rings (SSSR count). The number of thiophene rings is 1. The van der Waals surface area contributed by atoms with E-state index in [4.69, 9.17) is 11.5 Å². The lowest BCUT2D eigenvalue weighted by Gasteiger charge is -2.08. The predicted molar refractivity (Wildman–Crippen MR) is 57.4 cm³/mol. The molecule has 4 N–H and O–H groups in total. The molecule has 1 heterocycles. The van der Waals surface area contributed by atoms with Crippen LogP contribution in [0.3, 0.4) is 0 Å². The summed E-state index contributed by atoms with van der Waals surface area (Å²) in [5.41, 5.74) is 10.9. The Morgan fingerprint density at radius 3 is 2.85 bits per heavy atom. The van der Waals surface area contributed by atoms with Crippen molar-refractivity contribution in [3.8, 4) is 0 Å². The van der Waals surface area contributed by atoms with E-state index >= 15 is 0 Å². The van der Waals surface area contributed by atoms with Gasteiger partial charge in [-0.15, -0.1) is 11.3 Å². The second-order valence-electron chi connectivity index (χ2n) is 2.74. The highest BCUT2D eigenvalue weighted by molar-refractivity contribution is 9.10. The van der Waals surface area contributed by atoms with E-state index in [2.05, 4.69) is 15.9 Å². The van der Waals surface area contributed by atoms with Gasteiger partial charge in [-0.1, -0.05) is 0 Å². The van der Waals surface area contributed by atoms with Gasteiger partial charge in [-0.05, 0) is 33.8 Å². The first-order valence-electron chi connectivity index (χ1n) is 3.88. The van der Waals surface area contributed by atoms with E-state index < -0.39 is 0 Å². The molecule has 5 heteroatoms. The Balaban J connectivity index is 2.53. The normalized spacial score (nSPS) is 12.8. The molecule has 3 nitrogen and oxygen atoms in total. The molecule has 0 spiro atoms. The van der Waals surface area contributed by atoms with Gasteiger partial charge in [0.25, 0.3) is 0 Å². The molecule has 0 aromatic carbocycles. The molecule has 0 saturated heterocycles. The van der Waals surface area contributed by atoms with Crippen LogP contribution < -0.4 is 11.5 Å². The van der Waals surface area contributed by atoms with Crippen molar-refractivity contribution in [2.75, 3.05) is 0 Å². The summed E-state index contributed by atoms with van der Waals surface area (Å²) in [6.45, 7) is 0. The summed E-state index contributed by atoms with van der Waals surface area (Å²) in [6, 6.07) is 1.85. The third-order valence-electron chi connectivity index (χ3n) is 1.68. The monoisotopic (exact) mass is 262 g/mol. The van der Waals surface area contributed by atoms with Crippen molar-refractivity contribution in [1.82, 2.24) is 0 Å². The Morgan fingerprint density at radius 1 is 1.69 bits per heavy atom. The largest absolute Gasteiger partial charge is 0.370 e. The number of rotatable bonds is 4. The Labute approximate surface area is 89.2 Å². The second-order valence-corrected chi connectivity index (χ2v) is 4.55. The smallest absolute Gasteiger partial charge is 0.217 e. The maximum absolute atomic E-state index is 10.5. The average molecular weight is 263 g/mol. The summed E-state index contributed by atoms with van der Waals surface area (Å²) < 4.78 is 1.01. The van der Waals surface area contributed by atoms with Crippen LogP contribution in [0.25, 0.3) is 0 Å². The first kappa shape index (κ1) is 10.7.